The van der Waals surface area contributed by atoms with E-state index in [9.17, 15) is 5.11 Å². The summed E-state index contributed by atoms with van der Waals surface area (Å²) in [6.07, 6.45) is -0.364. The van der Waals surface area contributed by atoms with Gasteiger partial charge < -0.3 is 9.84 Å². The van der Waals surface area contributed by atoms with Crippen molar-refractivity contribution in [3.05, 3.63) is 33.8 Å². The van der Waals surface area contributed by atoms with Crippen molar-refractivity contribution in [1.82, 2.24) is 9.80 Å². The minimum atomic E-state index is -0.611. The predicted molar refractivity (Wildman–Crippen MR) is 84.0 cm³/mol. The van der Waals surface area contributed by atoms with Crippen molar-refractivity contribution in [2.45, 2.75) is 18.2 Å². The lowest BCUT2D eigenvalue weighted by Crippen LogP contribution is -2.48. The van der Waals surface area contributed by atoms with Crippen LogP contribution in [-0.2, 0) is 4.74 Å². The largest absolute Gasteiger partial charge is 0.387 e. The van der Waals surface area contributed by atoms with E-state index < -0.39 is 6.10 Å². The first-order valence-corrected chi connectivity index (χ1v) is 7.97. The summed E-state index contributed by atoms with van der Waals surface area (Å²) in [5.74, 6) is 0. The first kappa shape index (κ1) is 15.5. The summed E-state index contributed by atoms with van der Waals surface area (Å²) < 4.78 is 5.82. The van der Waals surface area contributed by atoms with Crippen LogP contribution in [-0.4, -0.2) is 66.9 Å². The van der Waals surface area contributed by atoms with Crippen molar-refractivity contribution < 1.29 is 9.84 Å². The van der Waals surface area contributed by atoms with E-state index in [-0.39, 0.29) is 6.10 Å². The maximum Gasteiger partial charge on any atom is 0.0931 e. The highest BCUT2D eigenvalue weighted by atomic mass is 35.5. The Labute approximate surface area is 135 Å². The Hall–Kier alpha value is -0.360. The number of aliphatic hydroxyl groups excluding tert-OH is 1. The van der Waals surface area contributed by atoms with Gasteiger partial charge in [0.25, 0.3) is 0 Å². The lowest BCUT2D eigenvalue weighted by molar-refractivity contribution is -0.0371. The maximum absolute atomic E-state index is 10.4. The minimum absolute atomic E-state index is 0.247. The number of aliphatic hydroxyl groups is 1. The first-order valence-electron chi connectivity index (χ1n) is 7.22. The number of rotatable bonds is 3. The number of morpholine rings is 1. The molecule has 6 heteroatoms. The molecule has 2 aliphatic rings. The van der Waals surface area contributed by atoms with Gasteiger partial charge in [0, 0.05) is 47.8 Å². The van der Waals surface area contributed by atoms with Crippen LogP contribution in [0.4, 0.5) is 0 Å². The lowest BCUT2D eigenvalue weighted by Gasteiger charge is -2.33. The zero-order valence-corrected chi connectivity index (χ0v) is 13.5. The van der Waals surface area contributed by atoms with Crippen LogP contribution < -0.4 is 0 Å². The standard InChI is InChI=1S/C15H20Cl2N2O2/c1-18-4-5-21-15-9-19(7-13(15)18)8-14(20)11-3-2-10(16)6-12(11)17/h2-3,6,13-15,20H,4-5,7-9H2,1H3. The van der Waals surface area contributed by atoms with Gasteiger partial charge in [-0.05, 0) is 19.2 Å². The van der Waals surface area contributed by atoms with Crippen LogP contribution in [0.2, 0.25) is 10.0 Å². The van der Waals surface area contributed by atoms with Crippen LogP contribution in [0, 0.1) is 0 Å². The summed E-state index contributed by atoms with van der Waals surface area (Å²) in [6.45, 7) is 4.10. The van der Waals surface area contributed by atoms with Crippen LogP contribution in [0.15, 0.2) is 18.2 Å². The number of halogens is 2. The Balaban J connectivity index is 1.64. The van der Waals surface area contributed by atoms with Crippen LogP contribution in [0.25, 0.3) is 0 Å². The van der Waals surface area contributed by atoms with E-state index >= 15 is 0 Å². The number of β-amino-alcohol motifs (C(OH)–C–C–N with tert-alkyl or cyclic N) is 1. The van der Waals surface area contributed by atoms with Gasteiger partial charge in [-0.15, -0.1) is 0 Å². The molecule has 0 saturated carbocycles. The number of ether oxygens (including phenoxy) is 1. The first-order chi connectivity index (χ1) is 10.0. The van der Waals surface area contributed by atoms with Gasteiger partial charge in [-0.1, -0.05) is 29.3 Å². The van der Waals surface area contributed by atoms with E-state index in [1.807, 2.05) is 0 Å². The number of nitrogens with zero attached hydrogens (tertiary/aromatic N) is 2. The SMILES string of the molecule is CN1CCOC2CN(CC(O)c3ccc(Cl)cc3Cl)CC21. The number of benzene rings is 1. The van der Waals surface area contributed by atoms with Gasteiger partial charge in [0.05, 0.1) is 18.8 Å². The fourth-order valence-corrected chi connectivity index (χ4v) is 3.73. The Bertz CT molecular complexity index is 514. The molecule has 1 N–H and O–H groups in total. The molecule has 3 atom stereocenters. The molecule has 1 aromatic carbocycles. The van der Waals surface area contributed by atoms with Crippen LogP contribution in [0.1, 0.15) is 11.7 Å². The Morgan fingerprint density at radius 1 is 1.38 bits per heavy atom. The molecule has 0 bridgehead atoms. The third-order valence-corrected chi connectivity index (χ3v) is 4.97. The summed E-state index contributed by atoms with van der Waals surface area (Å²) in [5.41, 5.74) is 0.727. The predicted octanol–water partition coefficient (Wildman–Crippen LogP) is 2.04. The second-order valence-electron chi connectivity index (χ2n) is 5.86. The normalized spacial score (nSPS) is 28.6. The van der Waals surface area contributed by atoms with Crippen molar-refractivity contribution >= 4 is 23.2 Å². The van der Waals surface area contributed by atoms with E-state index in [1.54, 1.807) is 18.2 Å². The van der Waals surface area contributed by atoms with E-state index in [2.05, 4.69) is 16.8 Å². The average molecular weight is 331 g/mol. The van der Waals surface area contributed by atoms with Gasteiger partial charge in [-0.25, -0.2) is 0 Å². The number of likely N-dealkylation sites (tertiary alicyclic amines) is 1. The van der Waals surface area contributed by atoms with E-state index in [0.29, 0.717) is 22.6 Å². The van der Waals surface area contributed by atoms with Crippen LogP contribution in [0.5, 0.6) is 0 Å². The van der Waals surface area contributed by atoms with Crippen LogP contribution in [0.3, 0.4) is 0 Å². The number of fused-ring (bicyclic) bond motifs is 1. The molecule has 116 valence electrons. The summed E-state index contributed by atoms with van der Waals surface area (Å²) in [5, 5.41) is 11.5. The summed E-state index contributed by atoms with van der Waals surface area (Å²) in [7, 11) is 2.14. The Morgan fingerprint density at radius 3 is 2.90 bits per heavy atom. The summed E-state index contributed by atoms with van der Waals surface area (Å²) >= 11 is 12.1. The second kappa shape index (κ2) is 6.41. The van der Waals surface area contributed by atoms with E-state index in [1.165, 1.54) is 0 Å². The molecule has 21 heavy (non-hydrogen) atoms. The van der Waals surface area contributed by atoms with Gasteiger partial charge in [-0.3, -0.25) is 9.80 Å². The lowest BCUT2D eigenvalue weighted by atomic mass is 10.1. The molecule has 3 unspecified atom stereocenters. The number of hydrogen-bond acceptors (Lipinski definition) is 4. The molecule has 2 fully saturated rings. The van der Waals surface area contributed by atoms with E-state index in [4.69, 9.17) is 27.9 Å². The average Bonchev–Trinajstić information content (AvgIpc) is 2.82. The topological polar surface area (TPSA) is 35.9 Å². The third-order valence-electron chi connectivity index (χ3n) is 4.41. The molecule has 2 aliphatic heterocycles. The molecule has 2 heterocycles. The van der Waals surface area contributed by atoms with Gasteiger partial charge in [0.2, 0.25) is 0 Å². The van der Waals surface area contributed by atoms with Gasteiger partial charge in [-0.2, -0.15) is 0 Å². The molecule has 2 saturated heterocycles. The van der Waals surface area contributed by atoms with Crippen molar-refractivity contribution in [2.75, 3.05) is 39.8 Å². The number of likely N-dealkylation sites (N-methyl/N-ethyl adjacent to an activating group) is 1. The quantitative estimate of drug-likeness (QED) is 0.920. The molecular weight excluding hydrogens is 311 g/mol. The molecule has 0 aliphatic carbocycles. The Kier molecular flexibility index (Phi) is 4.74. The van der Waals surface area contributed by atoms with Crippen molar-refractivity contribution in [3.8, 4) is 0 Å². The van der Waals surface area contributed by atoms with Gasteiger partial charge in [0.1, 0.15) is 0 Å². The smallest absolute Gasteiger partial charge is 0.0931 e. The minimum Gasteiger partial charge on any atom is -0.387 e. The third kappa shape index (κ3) is 3.36. The Morgan fingerprint density at radius 2 is 2.19 bits per heavy atom. The molecule has 0 amide bonds. The number of hydrogen-bond donors (Lipinski definition) is 1. The van der Waals surface area contributed by atoms with Gasteiger partial charge in [0.15, 0.2) is 0 Å². The highest BCUT2D eigenvalue weighted by Crippen LogP contribution is 2.29. The maximum atomic E-state index is 10.4. The molecule has 0 radical (unpaired) electrons. The van der Waals surface area contributed by atoms with Crippen molar-refractivity contribution in [1.29, 1.82) is 0 Å². The monoisotopic (exact) mass is 330 g/mol. The van der Waals surface area contributed by atoms with Crippen LogP contribution >= 0.6 is 23.2 Å². The molecule has 0 spiro atoms. The van der Waals surface area contributed by atoms with Crippen molar-refractivity contribution in [3.63, 3.8) is 0 Å². The molecular formula is C15H20Cl2N2O2. The molecule has 1 aromatic rings. The highest BCUT2D eigenvalue weighted by molar-refractivity contribution is 6.35. The molecule has 3 rings (SSSR count). The fraction of sp³-hybridized carbons (Fsp3) is 0.600. The molecule has 4 nitrogen and oxygen atoms in total. The zero-order valence-electron chi connectivity index (χ0n) is 12.0. The fourth-order valence-electron chi connectivity index (χ4n) is 3.20. The summed E-state index contributed by atoms with van der Waals surface area (Å²) in [4.78, 5) is 4.59. The van der Waals surface area contributed by atoms with Gasteiger partial charge >= 0.3 is 0 Å². The highest BCUT2D eigenvalue weighted by Gasteiger charge is 2.39. The van der Waals surface area contributed by atoms with E-state index in [0.717, 1.165) is 31.8 Å². The second-order valence-corrected chi connectivity index (χ2v) is 6.70. The zero-order chi connectivity index (χ0) is 15.0. The summed E-state index contributed by atoms with van der Waals surface area (Å²) in [6, 6.07) is 5.64. The molecule has 0 aromatic heterocycles. The van der Waals surface area contributed by atoms with Crippen molar-refractivity contribution in [2.24, 2.45) is 0 Å².